The molecule has 3 aliphatic rings. The van der Waals surface area contributed by atoms with Crippen molar-refractivity contribution >= 4 is 12.1 Å². The van der Waals surface area contributed by atoms with Gasteiger partial charge >= 0.3 is 0 Å². The van der Waals surface area contributed by atoms with E-state index in [4.69, 9.17) is 0 Å². The number of carbonyl (C=O) groups is 1. The minimum absolute atomic E-state index is 0.253. The van der Waals surface area contributed by atoms with Crippen molar-refractivity contribution in [3.05, 3.63) is 17.6 Å². The largest absolute Gasteiger partial charge is 0.364 e. The smallest absolute Gasteiger partial charge is 0.155 e. The lowest BCUT2D eigenvalue weighted by molar-refractivity contribution is 0.00176. The Hall–Kier alpha value is -1.45. The van der Waals surface area contributed by atoms with Gasteiger partial charge in [-0.25, -0.2) is 9.97 Å². The molecule has 1 heterocycles. The first kappa shape index (κ1) is 8.83. The molecule has 0 radical (unpaired) electrons. The molecule has 3 aliphatic carbocycles. The molecule has 1 N–H and O–H groups in total. The Labute approximate surface area is 88.1 Å². The van der Waals surface area contributed by atoms with E-state index < -0.39 is 0 Å². The summed E-state index contributed by atoms with van der Waals surface area (Å²) in [5, 5.41) is 3.40. The summed E-state index contributed by atoms with van der Waals surface area (Å²) in [6, 6.07) is 0. The predicted molar refractivity (Wildman–Crippen MR) is 55.9 cm³/mol. The Kier molecular flexibility index (Phi) is 1.63. The molecule has 0 saturated heterocycles. The molecule has 4 heteroatoms. The quantitative estimate of drug-likeness (QED) is 0.757. The molecular formula is C11H13N3O. The fraction of sp³-hybridized carbons (Fsp3) is 0.545. The van der Waals surface area contributed by atoms with E-state index in [1.54, 1.807) is 6.20 Å². The molecule has 4 nitrogen and oxygen atoms in total. The number of aryl methyl sites for hydroxylation is 1. The van der Waals surface area contributed by atoms with Crippen LogP contribution in [-0.4, -0.2) is 21.8 Å². The normalized spacial score (nSPS) is 31.4. The number of nitrogens with zero attached hydrogens (tertiary/aromatic N) is 2. The van der Waals surface area contributed by atoms with Gasteiger partial charge in [-0.3, -0.25) is 4.79 Å². The lowest BCUT2D eigenvalue weighted by Crippen LogP contribution is -2.63. The zero-order chi connectivity index (χ0) is 10.5. The van der Waals surface area contributed by atoms with E-state index in [1.807, 2.05) is 6.92 Å². The van der Waals surface area contributed by atoms with Gasteiger partial charge in [0.2, 0.25) is 0 Å². The van der Waals surface area contributed by atoms with Crippen molar-refractivity contribution in [1.82, 2.24) is 9.97 Å². The molecule has 0 aromatic carbocycles. The molecule has 15 heavy (non-hydrogen) atoms. The average Bonchev–Trinajstić information content (AvgIpc) is 2.10. The maximum atomic E-state index is 10.8. The van der Waals surface area contributed by atoms with E-state index in [9.17, 15) is 4.79 Å². The highest BCUT2D eigenvalue weighted by Gasteiger charge is 2.56. The van der Waals surface area contributed by atoms with Crippen molar-refractivity contribution in [3.8, 4) is 0 Å². The van der Waals surface area contributed by atoms with Crippen molar-refractivity contribution in [2.24, 2.45) is 5.92 Å². The van der Waals surface area contributed by atoms with E-state index in [-0.39, 0.29) is 5.54 Å². The minimum Gasteiger partial charge on any atom is -0.364 e. The molecule has 1 aromatic rings. The molecular weight excluding hydrogens is 190 g/mol. The zero-order valence-corrected chi connectivity index (χ0v) is 8.66. The summed E-state index contributed by atoms with van der Waals surface area (Å²) < 4.78 is 0. The molecule has 4 rings (SSSR count). The minimum atomic E-state index is 0.253. The molecule has 2 bridgehead atoms. The first-order valence-corrected chi connectivity index (χ1v) is 5.28. The molecule has 0 amide bonds. The molecule has 0 atom stereocenters. The summed E-state index contributed by atoms with van der Waals surface area (Å²) in [5.41, 5.74) is 0.814. The van der Waals surface area contributed by atoms with E-state index >= 15 is 0 Å². The van der Waals surface area contributed by atoms with Crippen molar-refractivity contribution in [3.63, 3.8) is 0 Å². The van der Waals surface area contributed by atoms with Crippen LogP contribution in [0.25, 0.3) is 0 Å². The lowest BCUT2D eigenvalue weighted by atomic mass is 9.50. The van der Waals surface area contributed by atoms with Crippen LogP contribution < -0.4 is 5.32 Å². The van der Waals surface area contributed by atoms with Crippen LogP contribution in [0, 0.1) is 12.8 Å². The van der Waals surface area contributed by atoms with Gasteiger partial charge in [-0.1, -0.05) is 0 Å². The number of anilines is 1. The van der Waals surface area contributed by atoms with E-state index in [1.165, 1.54) is 19.3 Å². The summed E-state index contributed by atoms with van der Waals surface area (Å²) in [5.74, 6) is 2.32. The first-order chi connectivity index (χ1) is 7.21. The maximum absolute atomic E-state index is 10.8. The van der Waals surface area contributed by atoms with Gasteiger partial charge in [0, 0.05) is 11.7 Å². The third-order valence-corrected chi connectivity index (χ3v) is 3.49. The third kappa shape index (κ3) is 1.24. The van der Waals surface area contributed by atoms with Crippen molar-refractivity contribution in [1.29, 1.82) is 0 Å². The van der Waals surface area contributed by atoms with Crippen molar-refractivity contribution < 1.29 is 4.79 Å². The zero-order valence-electron chi connectivity index (χ0n) is 8.66. The number of rotatable bonds is 3. The monoisotopic (exact) mass is 203 g/mol. The lowest BCUT2D eigenvalue weighted by Gasteiger charge is -2.62. The first-order valence-electron chi connectivity index (χ1n) is 5.28. The van der Waals surface area contributed by atoms with Crippen LogP contribution in [-0.2, 0) is 0 Å². The van der Waals surface area contributed by atoms with Crippen molar-refractivity contribution in [2.45, 2.75) is 31.7 Å². The van der Waals surface area contributed by atoms with Gasteiger partial charge in [-0.2, -0.15) is 0 Å². The number of aldehydes is 1. The van der Waals surface area contributed by atoms with Gasteiger partial charge in [0.25, 0.3) is 0 Å². The number of carbonyl (C=O) groups excluding carboxylic acids is 1. The molecule has 0 spiro atoms. The number of nitrogens with one attached hydrogen (secondary N) is 1. The Balaban J connectivity index is 1.88. The maximum Gasteiger partial charge on any atom is 0.155 e. The van der Waals surface area contributed by atoms with E-state index in [0.717, 1.165) is 12.2 Å². The Morgan fingerprint density at radius 1 is 1.53 bits per heavy atom. The second kappa shape index (κ2) is 2.78. The molecule has 3 saturated carbocycles. The topological polar surface area (TPSA) is 54.9 Å². The van der Waals surface area contributed by atoms with Gasteiger partial charge in [0.1, 0.15) is 11.6 Å². The van der Waals surface area contributed by atoms with Crippen LogP contribution in [0.15, 0.2) is 6.20 Å². The summed E-state index contributed by atoms with van der Waals surface area (Å²) in [7, 11) is 0. The van der Waals surface area contributed by atoms with Crippen LogP contribution >= 0.6 is 0 Å². The van der Waals surface area contributed by atoms with Gasteiger partial charge in [0.05, 0.1) is 5.56 Å². The fourth-order valence-electron chi connectivity index (χ4n) is 2.55. The van der Waals surface area contributed by atoms with Gasteiger partial charge in [-0.05, 0) is 32.1 Å². The number of hydrogen-bond donors (Lipinski definition) is 1. The number of hydrogen-bond acceptors (Lipinski definition) is 4. The third-order valence-electron chi connectivity index (χ3n) is 3.49. The summed E-state index contributed by atoms with van der Waals surface area (Å²) in [6.07, 6.45) is 6.09. The van der Waals surface area contributed by atoms with Crippen LogP contribution in [0.1, 0.15) is 35.4 Å². The fourth-order valence-corrected chi connectivity index (χ4v) is 2.55. The Morgan fingerprint density at radius 3 is 2.80 bits per heavy atom. The SMILES string of the molecule is Cc1ncc(C=O)c(NC23CC(C2)C3)n1. The predicted octanol–water partition coefficient (Wildman–Crippen LogP) is 1.56. The van der Waals surface area contributed by atoms with Crippen LogP contribution in [0.4, 0.5) is 5.82 Å². The highest BCUT2D eigenvalue weighted by molar-refractivity contribution is 5.82. The second-order valence-electron chi connectivity index (χ2n) is 4.72. The summed E-state index contributed by atoms with van der Waals surface area (Å²) in [4.78, 5) is 19.1. The van der Waals surface area contributed by atoms with E-state index in [2.05, 4.69) is 15.3 Å². The molecule has 3 fully saturated rings. The van der Waals surface area contributed by atoms with E-state index in [0.29, 0.717) is 17.2 Å². The second-order valence-corrected chi connectivity index (χ2v) is 4.72. The Morgan fingerprint density at radius 2 is 2.27 bits per heavy atom. The van der Waals surface area contributed by atoms with Gasteiger partial charge < -0.3 is 5.32 Å². The molecule has 0 unspecified atom stereocenters. The van der Waals surface area contributed by atoms with Crippen LogP contribution in [0.3, 0.4) is 0 Å². The average molecular weight is 203 g/mol. The highest BCUT2D eigenvalue weighted by Crippen LogP contribution is 2.58. The molecule has 78 valence electrons. The molecule has 0 aliphatic heterocycles. The standard InChI is InChI=1S/C11H13N3O/c1-7-12-5-9(6-15)10(13-7)14-11-2-8(3-11)4-11/h5-6,8H,2-4H2,1H3,(H,12,13,14). The number of aromatic nitrogens is 2. The molecule has 1 aromatic heterocycles. The van der Waals surface area contributed by atoms with Crippen LogP contribution in [0.5, 0.6) is 0 Å². The van der Waals surface area contributed by atoms with Crippen molar-refractivity contribution in [2.75, 3.05) is 5.32 Å². The Bertz CT molecular complexity index is 413. The van der Waals surface area contributed by atoms with Gasteiger partial charge in [0.15, 0.2) is 6.29 Å². The summed E-state index contributed by atoms with van der Waals surface area (Å²) >= 11 is 0. The van der Waals surface area contributed by atoms with Gasteiger partial charge in [-0.15, -0.1) is 0 Å². The van der Waals surface area contributed by atoms with Crippen LogP contribution in [0.2, 0.25) is 0 Å². The summed E-state index contributed by atoms with van der Waals surface area (Å²) in [6.45, 7) is 1.84. The highest BCUT2D eigenvalue weighted by atomic mass is 16.1.